The zero-order chi connectivity index (χ0) is 9.10. The summed E-state index contributed by atoms with van der Waals surface area (Å²) in [5.74, 6) is 0.164. The molecule has 0 aliphatic carbocycles. The van der Waals surface area contributed by atoms with Crippen LogP contribution in [0.5, 0.6) is 0 Å². The number of nitriles is 1. The highest BCUT2D eigenvalue weighted by Gasteiger charge is 1.99. The van der Waals surface area contributed by atoms with Crippen LogP contribution in [0.3, 0.4) is 0 Å². The van der Waals surface area contributed by atoms with Crippen LogP contribution < -0.4 is 0 Å². The minimum atomic E-state index is 0.164. The first-order valence-corrected chi connectivity index (χ1v) is 3.62. The van der Waals surface area contributed by atoms with E-state index < -0.39 is 0 Å². The molecule has 0 saturated carbocycles. The zero-order valence-corrected chi connectivity index (χ0v) is 6.62. The molecule has 2 aromatic heterocycles. The van der Waals surface area contributed by atoms with Crippen molar-refractivity contribution in [3.63, 3.8) is 0 Å². The molecule has 0 aliphatic rings. The smallest absolute Gasteiger partial charge is 0.252 e. The van der Waals surface area contributed by atoms with Crippen molar-refractivity contribution in [2.75, 3.05) is 0 Å². The van der Waals surface area contributed by atoms with Gasteiger partial charge in [0, 0.05) is 12.4 Å². The topological polar surface area (TPSA) is 67.4 Å². The summed E-state index contributed by atoms with van der Waals surface area (Å²) in [6.45, 7) is 0. The number of pyridine rings is 1. The third-order valence-electron chi connectivity index (χ3n) is 1.52. The summed E-state index contributed by atoms with van der Waals surface area (Å²) >= 11 is 0. The van der Waals surface area contributed by atoms with E-state index in [-0.39, 0.29) is 5.82 Å². The Morgan fingerprint density at radius 1 is 1.31 bits per heavy atom. The number of nitrogens with zero attached hydrogens (tertiary/aromatic N) is 5. The second kappa shape index (κ2) is 3.03. The Hall–Kier alpha value is -2.22. The molecule has 0 fully saturated rings. The van der Waals surface area contributed by atoms with Crippen LogP contribution in [-0.2, 0) is 0 Å². The zero-order valence-electron chi connectivity index (χ0n) is 6.62. The highest BCUT2D eigenvalue weighted by atomic mass is 15.3. The second-order valence-electron chi connectivity index (χ2n) is 2.33. The highest BCUT2D eigenvalue weighted by molar-refractivity contribution is 5.27. The van der Waals surface area contributed by atoms with E-state index in [9.17, 15) is 0 Å². The van der Waals surface area contributed by atoms with Gasteiger partial charge in [0.25, 0.3) is 5.82 Å². The van der Waals surface area contributed by atoms with Gasteiger partial charge in [0.05, 0.1) is 5.69 Å². The van der Waals surface area contributed by atoms with Crippen molar-refractivity contribution in [1.82, 2.24) is 19.7 Å². The number of rotatable bonds is 1. The van der Waals surface area contributed by atoms with E-state index in [2.05, 4.69) is 15.1 Å². The van der Waals surface area contributed by atoms with Gasteiger partial charge < -0.3 is 0 Å². The fraction of sp³-hybridized carbons (Fsp3) is 0. The fourth-order valence-electron chi connectivity index (χ4n) is 0.935. The maximum atomic E-state index is 8.50. The van der Waals surface area contributed by atoms with Crippen molar-refractivity contribution in [2.24, 2.45) is 0 Å². The third kappa shape index (κ3) is 1.37. The lowest BCUT2D eigenvalue weighted by molar-refractivity contribution is 0.870. The number of hydrogen-bond donors (Lipinski definition) is 0. The van der Waals surface area contributed by atoms with E-state index in [0.717, 1.165) is 5.69 Å². The van der Waals surface area contributed by atoms with Crippen molar-refractivity contribution in [3.8, 4) is 11.8 Å². The Bertz CT molecular complexity index is 439. The van der Waals surface area contributed by atoms with Gasteiger partial charge in [0.2, 0.25) is 0 Å². The SMILES string of the molecule is N#Cc1ncn(-c2ccncc2)n1. The molecule has 2 heterocycles. The van der Waals surface area contributed by atoms with Crippen LogP contribution in [0.15, 0.2) is 30.9 Å². The molecule has 0 amide bonds. The van der Waals surface area contributed by atoms with E-state index >= 15 is 0 Å². The van der Waals surface area contributed by atoms with Crippen LogP contribution >= 0.6 is 0 Å². The van der Waals surface area contributed by atoms with Crippen LogP contribution in [0.2, 0.25) is 0 Å². The summed E-state index contributed by atoms with van der Waals surface area (Å²) in [5.41, 5.74) is 0.837. The molecule has 0 aromatic carbocycles. The van der Waals surface area contributed by atoms with Gasteiger partial charge in [-0.1, -0.05) is 0 Å². The molecule has 62 valence electrons. The Balaban J connectivity index is 2.43. The molecule has 2 aromatic rings. The first-order valence-electron chi connectivity index (χ1n) is 3.62. The van der Waals surface area contributed by atoms with Gasteiger partial charge in [0.15, 0.2) is 0 Å². The maximum absolute atomic E-state index is 8.50. The molecule has 0 bridgehead atoms. The van der Waals surface area contributed by atoms with Crippen LogP contribution in [-0.4, -0.2) is 19.7 Å². The molecule has 0 atom stereocenters. The third-order valence-corrected chi connectivity index (χ3v) is 1.52. The molecular weight excluding hydrogens is 166 g/mol. The van der Waals surface area contributed by atoms with Crippen LogP contribution in [0, 0.1) is 11.3 Å². The Labute approximate surface area is 74.3 Å². The Morgan fingerprint density at radius 2 is 2.08 bits per heavy atom. The quantitative estimate of drug-likeness (QED) is 0.627. The molecule has 5 heteroatoms. The van der Waals surface area contributed by atoms with Crippen LogP contribution in [0.25, 0.3) is 5.69 Å². The summed E-state index contributed by atoms with van der Waals surface area (Å²) in [7, 11) is 0. The second-order valence-corrected chi connectivity index (χ2v) is 2.33. The summed E-state index contributed by atoms with van der Waals surface area (Å²) in [6, 6.07) is 5.43. The van der Waals surface area contributed by atoms with E-state index in [0.29, 0.717) is 0 Å². The van der Waals surface area contributed by atoms with Crippen molar-refractivity contribution in [3.05, 3.63) is 36.7 Å². The summed E-state index contributed by atoms with van der Waals surface area (Å²) in [5, 5.41) is 12.4. The minimum absolute atomic E-state index is 0.164. The molecular formula is C8H5N5. The van der Waals surface area contributed by atoms with Crippen LogP contribution in [0.1, 0.15) is 5.82 Å². The largest absolute Gasteiger partial charge is 0.265 e. The fourth-order valence-corrected chi connectivity index (χ4v) is 0.935. The van der Waals surface area contributed by atoms with Gasteiger partial charge in [0.1, 0.15) is 12.4 Å². The van der Waals surface area contributed by atoms with Gasteiger partial charge >= 0.3 is 0 Å². The highest BCUT2D eigenvalue weighted by Crippen LogP contribution is 2.02. The van der Waals surface area contributed by atoms with E-state index in [4.69, 9.17) is 5.26 Å². The molecule has 0 radical (unpaired) electrons. The molecule has 0 N–H and O–H groups in total. The van der Waals surface area contributed by atoms with E-state index in [1.807, 2.05) is 6.07 Å². The van der Waals surface area contributed by atoms with Gasteiger partial charge in [-0.05, 0) is 12.1 Å². The maximum Gasteiger partial charge on any atom is 0.252 e. The normalized spacial score (nSPS) is 9.46. The summed E-state index contributed by atoms with van der Waals surface area (Å²) in [4.78, 5) is 7.65. The van der Waals surface area contributed by atoms with Crippen molar-refractivity contribution in [1.29, 1.82) is 5.26 Å². The monoisotopic (exact) mass is 171 g/mol. The lowest BCUT2D eigenvalue weighted by Gasteiger charge is -1.96. The average molecular weight is 171 g/mol. The molecule has 5 nitrogen and oxygen atoms in total. The number of hydrogen-bond acceptors (Lipinski definition) is 4. The predicted molar refractivity (Wildman–Crippen MR) is 43.9 cm³/mol. The predicted octanol–water partition coefficient (Wildman–Crippen LogP) is 0.534. The van der Waals surface area contributed by atoms with Gasteiger partial charge in [-0.2, -0.15) is 5.26 Å². The molecule has 0 aliphatic heterocycles. The van der Waals surface area contributed by atoms with Crippen LogP contribution in [0.4, 0.5) is 0 Å². The lowest BCUT2D eigenvalue weighted by Crippen LogP contribution is -1.94. The molecule has 0 spiro atoms. The Kier molecular flexibility index (Phi) is 1.73. The van der Waals surface area contributed by atoms with Gasteiger partial charge in [-0.15, -0.1) is 5.10 Å². The minimum Gasteiger partial charge on any atom is -0.265 e. The van der Waals surface area contributed by atoms with E-state index in [1.165, 1.54) is 11.0 Å². The lowest BCUT2D eigenvalue weighted by atomic mass is 10.4. The van der Waals surface area contributed by atoms with E-state index in [1.54, 1.807) is 24.5 Å². The molecule has 13 heavy (non-hydrogen) atoms. The molecule has 0 unspecified atom stereocenters. The van der Waals surface area contributed by atoms with Crippen molar-refractivity contribution >= 4 is 0 Å². The molecule has 0 saturated heterocycles. The Morgan fingerprint density at radius 3 is 2.69 bits per heavy atom. The number of aromatic nitrogens is 4. The average Bonchev–Trinajstić information content (AvgIpc) is 2.67. The summed E-state index contributed by atoms with van der Waals surface area (Å²) in [6.07, 6.45) is 4.81. The first-order chi connectivity index (χ1) is 6.40. The standard InChI is InChI=1S/C8H5N5/c9-5-8-11-6-13(12-8)7-1-3-10-4-2-7/h1-4,6H. The summed E-state index contributed by atoms with van der Waals surface area (Å²) < 4.78 is 1.53. The van der Waals surface area contributed by atoms with Crippen molar-refractivity contribution < 1.29 is 0 Å². The van der Waals surface area contributed by atoms with Gasteiger partial charge in [-0.3, -0.25) is 4.98 Å². The van der Waals surface area contributed by atoms with Crippen molar-refractivity contribution in [2.45, 2.75) is 0 Å². The first kappa shape index (κ1) is 7.43. The van der Waals surface area contributed by atoms with Gasteiger partial charge in [-0.25, -0.2) is 9.67 Å². The molecule has 2 rings (SSSR count).